The van der Waals surface area contributed by atoms with Crippen LogP contribution in [0.15, 0.2) is 42.5 Å². The van der Waals surface area contributed by atoms with Gasteiger partial charge >= 0.3 is 0 Å². The minimum absolute atomic E-state index is 0.0259. The van der Waals surface area contributed by atoms with Gasteiger partial charge in [-0.3, -0.25) is 4.79 Å². The lowest BCUT2D eigenvalue weighted by Crippen LogP contribution is -2.42. The van der Waals surface area contributed by atoms with Crippen LogP contribution in [-0.2, 0) is 11.3 Å². The Morgan fingerprint density at radius 2 is 2.14 bits per heavy atom. The van der Waals surface area contributed by atoms with Crippen LogP contribution in [0.25, 0.3) is 10.2 Å². The Morgan fingerprint density at radius 3 is 2.93 bits per heavy atom. The Hall–Kier alpha value is -2.31. The molecule has 3 aromatic rings. The Bertz CT molecular complexity index is 989. The zero-order valence-electron chi connectivity index (χ0n) is 16.4. The molecule has 2 aromatic carbocycles. The topological polar surface area (TPSA) is 54.5 Å². The van der Waals surface area contributed by atoms with E-state index in [1.807, 2.05) is 49.4 Å². The summed E-state index contributed by atoms with van der Waals surface area (Å²) in [6.45, 7) is 4.78. The lowest BCUT2D eigenvalue weighted by molar-refractivity contribution is -0.125. The number of fused-ring (bicyclic) bond motifs is 1. The number of ether oxygens (including phenoxy) is 1. The summed E-state index contributed by atoms with van der Waals surface area (Å²) >= 11 is 7.58. The second-order valence-electron chi connectivity index (χ2n) is 7.19. The highest BCUT2D eigenvalue weighted by molar-refractivity contribution is 7.22. The van der Waals surface area contributed by atoms with Crippen molar-refractivity contribution in [2.75, 3.05) is 24.6 Å². The van der Waals surface area contributed by atoms with E-state index < -0.39 is 0 Å². The Kier molecular flexibility index (Phi) is 6.21. The molecule has 1 N–H and O–H groups in total. The molecule has 0 radical (unpaired) electrons. The van der Waals surface area contributed by atoms with E-state index in [-0.39, 0.29) is 11.8 Å². The van der Waals surface area contributed by atoms with Crippen LogP contribution >= 0.6 is 22.9 Å². The number of nitrogens with zero attached hydrogens (tertiary/aromatic N) is 2. The third-order valence-corrected chi connectivity index (χ3v) is 6.43. The number of halogens is 1. The summed E-state index contributed by atoms with van der Waals surface area (Å²) in [4.78, 5) is 19.7. The average molecular weight is 430 g/mol. The van der Waals surface area contributed by atoms with E-state index in [4.69, 9.17) is 21.3 Å². The molecule has 29 heavy (non-hydrogen) atoms. The zero-order valence-corrected chi connectivity index (χ0v) is 17.9. The number of carbonyl (C=O) groups excluding carboxylic acids is 1. The van der Waals surface area contributed by atoms with E-state index >= 15 is 0 Å². The highest BCUT2D eigenvalue weighted by atomic mass is 35.5. The van der Waals surface area contributed by atoms with E-state index in [0.717, 1.165) is 46.0 Å². The molecule has 1 fully saturated rings. The number of piperidine rings is 1. The molecule has 1 amide bonds. The summed E-state index contributed by atoms with van der Waals surface area (Å²) in [6, 6.07) is 13.6. The minimum Gasteiger partial charge on any atom is -0.494 e. The van der Waals surface area contributed by atoms with Crippen molar-refractivity contribution in [2.24, 2.45) is 5.92 Å². The van der Waals surface area contributed by atoms with Crippen molar-refractivity contribution < 1.29 is 9.53 Å². The first kappa shape index (κ1) is 20.0. The van der Waals surface area contributed by atoms with Gasteiger partial charge in [-0.1, -0.05) is 35.1 Å². The van der Waals surface area contributed by atoms with Crippen molar-refractivity contribution in [3.8, 4) is 5.75 Å². The average Bonchev–Trinajstić information content (AvgIpc) is 3.17. The largest absolute Gasteiger partial charge is 0.494 e. The van der Waals surface area contributed by atoms with Gasteiger partial charge in [0.15, 0.2) is 5.13 Å². The Balaban J connectivity index is 1.40. The standard InChI is InChI=1S/C22H24ClN3O2S/c1-2-28-18-9-10-19-20(12-18)29-22(25-19)26-11-3-4-16(14-26)21(27)24-13-15-5-7-17(23)8-6-15/h5-10,12,16H,2-4,11,13-14H2,1H3,(H,24,27). The number of rotatable bonds is 6. The molecule has 4 rings (SSSR count). The molecule has 0 spiro atoms. The predicted molar refractivity (Wildman–Crippen MR) is 119 cm³/mol. The maximum absolute atomic E-state index is 12.7. The molecule has 2 heterocycles. The van der Waals surface area contributed by atoms with E-state index in [1.54, 1.807) is 11.3 Å². The van der Waals surface area contributed by atoms with Crippen molar-refractivity contribution >= 4 is 44.2 Å². The molecule has 1 aliphatic rings. The monoisotopic (exact) mass is 429 g/mol. The first-order chi connectivity index (χ1) is 14.1. The van der Waals surface area contributed by atoms with Gasteiger partial charge in [-0.15, -0.1) is 0 Å². The molecule has 5 nitrogen and oxygen atoms in total. The molecular weight excluding hydrogens is 406 g/mol. The van der Waals surface area contributed by atoms with E-state index in [1.165, 1.54) is 0 Å². The summed E-state index contributed by atoms with van der Waals surface area (Å²) in [7, 11) is 0. The third-order valence-electron chi connectivity index (χ3n) is 5.10. The fourth-order valence-corrected chi connectivity index (χ4v) is 4.74. The lowest BCUT2D eigenvalue weighted by Gasteiger charge is -2.31. The van der Waals surface area contributed by atoms with Crippen molar-refractivity contribution in [1.82, 2.24) is 10.3 Å². The van der Waals surface area contributed by atoms with Crippen LogP contribution in [0, 0.1) is 5.92 Å². The van der Waals surface area contributed by atoms with Gasteiger partial charge in [-0.2, -0.15) is 0 Å². The number of hydrogen-bond acceptors (Lipinski definition) is 5. The third kappa shape index (κ3) is 4.82. The molecule has 1 saturated heterocycles. The summed E-state index contributed by atoms with van der Waals surface area (Å²) in [5.74, 6) is 0.944. The van der Waals surface area contributed by atoms with Gasteiger partial charge in [-0.25, -0.2) is 4.98 Å². The molecule has 1 aromatic heterocycles. The normalized spacial score (nSPS) is 16.8. The number of nitrogens with one attached hydrogen (secondary N) is 1. The summed E-state index contributed by atoms with van der Waals surface area (Å²) in [5, 5.41) is 4.74. The van der Waals surface area contributed by atoms with Crippen molar-refractivity contribution in [3.63, 3.8) is 0 Å². The second-order valence-corrected chi connectivity index (χ2v) is 8.63. The summed E-state index contributed by atoms with van der Waals surface area (Å²) in [6.07, 6.45) is 1.89. The van der Waals surface area contributed by atoms with Crippen molar-refractivity contribution in [1.29, 1.82) is 0 Å². The first-order valence-corrected chi connectivity index (χ1v) is 11.1. The number of thiazole rings is 1. The molecule has 7 heteroatoms. The van der Waals surface area contributed by atoms with Gasteiger partial charge in [0.1, 0.15) is 5.75 Å². The van der Waals surface area contributed by atoms with Crippen LogP contribution in [0.2, 0.25) is 5.02 Å². The fraction of sp³-hybridized carbons (Fsp3) is 0.364. The molecule has 1 unspecified atom stereocenters. The number of amides is 1. The van der Waals surface area contributed by atoms with Crippen LogP contribution in [0.4, 0.5) is 5.13 Å². The minimum atomic E-state index is -0.0259. The van der Waals surface area contributed by atoms with Crippen LogP contribution in [0.5, 0.6) is 5.75 Å². The zero-order chi connectivity index (χ0) is 20.2. The van der Waals surface area contributed by atoms with E-state index in [9.17, 15) is 4.79 Å². The Labute approximate surface area is 179 Å². The first-order valence-electron chi connectivity index (χ1n) is 9.93. The van der Waals surface area contributed by atoms with Gasteiger partial charge in [0.2, 0.25) is 5.91 Å². The van der Waals surface area contributed by atoms with Crippen LogP contribution in [0.3, 0.4) is 0 Å². The summed E-state index contributed by atoms with van der Waals surface area (Å²) < 4.78 is 6.70. The number of aromatic nitrogens is 1. The SMILES string of the molecule is CCOc1ccc2nc(N3CCCC(C(=O)NCc4ccc(Cl)cc4)C3)sc2c1. The van der Waals surface area contributed by atoms with Gasteiger partial charge in [0, 0.05) is 24.7 Å². The van der Waals surface area contributed by atoms with Crippen LogP contribution in [0.1, 0.15) is 25.3 Å². The highest BCUT2D eigenvalue weighted by Gasteiger charge is 2.27. The van der Waals surface area contributed by atoms with Crippen molar-refractivity contribution in [3.05, 3.63) is 53.1 Å². The van der Waals surface area contributed by atoms with E-state index in [0.29, 0.717) is 24.7 Å². The fourth-order valence-electron chi connectivity index (χ4n) is 3.59. The predicted octanol–water partition coefficient (Wildman–Crippen LogP) is 4.88. The van der Waals surface area contributed by atoms with Crippen molar-refractivity contribution in [2.45, 2.75) is 26.3 Å². The maximum Gasteiger partial charge on any atom is 0.225 e. The quantitative estimate of drug-likeness (QED) is 0.606. The molecule has 1 aliphatic heterocycles. The van der Waals surface area contributed by atoms with Gasteiger partial charge in [0.05, 0.1) is 22.7 Å². The summed E-state index contributed by atoms with van der Waals surface area (Å²) in [5.41, 5.74) is 2.02. The molecule has 0 aliphatic carbocycles. The van der Waals surface area contributed by atoms with E-state index in [2.05, 4.69) is 10.2 Å². The van der Waals surface area contributed by atoms with Gasteiger partial charge in [-0.05, 0) is 55.7 Å². The second kappa shape index (κ2) is 9.01. The van der Waals surface area contributed by atoms with Gasteiger partial charge in [0.25, 0.3) is 0 Å². The maximum atomic E-state index is 12.7. The molecule has 0 saturated carbocycles. The van der Waals surface area contributed by atoms with Crippen LogP contribution < -0.4 is 15.0 Å². The molecular formula is C22H24ClN3O2S. The highest BCUT2D eigenvalue weighted by Crippen LogP contribution is 2.33. The van der Waals surface area contributed by atoms with Gasteiger partial charge < -0.3 is 15.0 Å². The van der Waals surface area contributed by atoms with Crippen LogP contribution in [-0.4, -0.2) is 30.6 Å². The Morgan fingerprint density at radius 1 is 1.31 bits per heavy atom. The number of hydrogen-bond donors (Lipinski definition) is 1. The lowest BCUT2D eigenvalue weighted by atomic mass is 9.97. The number of anilines is 1. The number of benzene rings is 2. The molecule has 0 bridgehead atoms. The molecule has 152 valence electrons. The number of carbonyl (C=O) groups is 1. The smallest absolute Gasteiger partial charge is 0.225 e. The molecule has 1 atom stereocenters.